The Labute approximate surface area is 308 Å². The second-order valence-corrected chi connectivity index (χ2v) is 19.5. The highest BCUT2D eigenvalue weighted by Gasteiger charge is 2.54. The average Bonchev–Trinajstić information content (AvgIpc) is 3.88. The third-order valence-electron chi connectivity index (χ3n) is 11.1. The molecule has 2 heterocycles. The van der Waals surface area contributed by atoms with Crippen LogP contribution >= 0.6 is 0 Å². The molecule has 2 atom stereocenters. The number of aliphatic hydroxyl groups excluding tert-OH is 2. The fourth-order valence-corrected chi connectivity index (χ4v) is 10.5. The highest BCUT2D eigenvalue weighted by molar-refractivity contribution is 7.93. The molecule has 3 aliphatic rings. The van der Waals surface area contributed by atoms with Crippen LogP contribution in [-0.4, -0.2) is 98.8 Å². The SMILES string of the molecule is CCC(C)(C)NCc1ccc(-c2ccccc2)cc1S(=O)(=O)N1CCC2(CC1)C[C@H](NCC(O)COc1cccc(S(=O)(=O)C3(CO)CC3)c1)CO2. The van der Waals surface area contributed by atoms with Crippen LogP contribution in [0.3, 0.4) is 0 Å². The van der Waals surface area contributed by atoms with Gasteiger partial charge in [-0.2, -0.15) is 4.31 Å². The zero-order valence-electron chi connectivity index (χ0n) is 30.4. The number of nitrogens with zero attached hydrogens (tertiary/aromatic N) is 1. The van der Waals surface area contributed by atoms with E-state index in [4.69, 9.17) is 9.47 Å². The number of piperidine rings is 1. The molecule has 2 saturated heterocycles. The molecule has 3 fully saturated rings. The molecule has 0 radical (unpaired) electrons. The average molecular weight is 756 g/mol. The molecule has 1 spiro atoms. The van der Waals surface area contributed by atoms with Gasteiger partial charge in [0.2, 0.25) is 10.0 Å². The molecule has 52 heavy (non-hydrogen) atoms. The second kappa shape index (κ2) is 15.5. The van der Waals surface area contributed by atoms with E-state index in [-0.39, 0.29) is 29.6 Å². The quantitative estimate of drug-likeness (QED) is 0.167. The summed E-state index contributed by atoms with van der Waals surface area (Å²) in [5.74, 6) is 0.332. The number of benzene rings is 3. The van der Waals surface area contributed by atoms with Gasteiger partial charge >= 0.3 is 0 Å². The van der Waals surface area contributed by atoms with Gasteiger partial charge in [-0.05, 0) is 93.3 Å². The molecule has 4 N–H and O–H groups in total. The van der Waals surface area contributed by atoms with E-state index in [0.717, 1.165) is 23.1 Å². The number of ether oxygens (including phenoxy) is 2. The van der Waals surface area contributed by atoms with Crippen molar-refractivity contribution >= 4 is 19.9 Å². The molecule has 0 amide bonds. The lowest BCUT2D eigenvalue weighted by Gasteiger charge is -2.38. The van der Waals surface area contributed by atoms with Crippen LogP contribution in [0.4, 0.5) is 0 Å². The Morgan fingerprint density at radius 2 is 1.69 bits per heavy atom. The summed E-state index contributed by atoms with van der Waals surface area (Å²) in [6.45, 7) is 7.73. The summed E-state index contributed by atoms with van der Waals surface area (Å²) in [6.07, 6.45) is 2.77. The van der Waals surface area contributed by atoms with Gasteiger partial charge < -0.3 is 30.3 Å². The summed E-state index contributed by atoms with van der Waals surface area (Å²) in [5, 5.41) is 27.2. The van der Waals surface area contributed by atoms with Gasteiger partial charge in [-0.1, -0.05) is 55.5 Å². The summed E-state index contributed by atoms with van der Waals surface area (Å²) in [7, 11) is -7.47. The maximum Gasteiger partial charge on any atom is 0.243 e. The number of sulfone groups is 1. The van der Waals surface area contributed by atoms with Gasteiger partial charge in [0.05, 0.1) is 33.4 Å². The molecule has 2 aliphatic heterocycles. The van der Waals surface area contributed by atoms with Gasteiger partial charge in [-0.25, -0.2) is 16.8 Å². The zero-order chi connectivity index (χ0) is 37.2. The van der Waals surface area contributed by atoms with Crippen LogP contribution in [0.2, 0.25) is 0 Å². The van der Waals surface area contributed by atoms with Gasteiger partial charge in [0, 0.05) is 37.8 Å². The van der Waals surface area contributed by atoms with Crippen LogP contribution in [-0.2, 0) is 31.1 Å². The van der Waals surface area contributed by atoms with E-state index in [1.165, 1.54) is 12.1 Å². The first-order valence-electron chi connectivity index (χ1n) is 18.3. The second-order valence-electron chi connectivity index (χ2n) is 15.3. The highest BCUT2D eigenvalue weighted by Crippen LogP contribution is 2.46. The monoisotopic (exact) mass is 755 g/mol. The largest absolute Gasteiger partial charge is 0.491 e. The molecule has 3 aromatic rings. The molecule has 1 aliphatic carbocycles. The van der Waals surface area contributed by atoms with Crippen LogP contribution in [0, 0.1) is 0 Å². The van der Waals surface area contributed by atoms with Gasteiger partial charge in [-0.15, -0.1) is 0 Å². The fourth-order valence-electron chi connectivity index (χ4n) is 6.99. The minimum Gasteiger partial charge on any atom is -0.491 e. The first kappa shape index (κ1) is 38.8. The Morgan fingerprint density at radius 1 is 0.962 bits per heavy atom. The summed E-state index contributed by atoms with van der Waals surface area (Å²) >= 11 is 0. The molecule has 0 bridgehead atoms. The molecule has 284 valence electrons. The lowest BCUT2D eigenvalue weighted by molar-refractivity contribution is -0.0312. The maximum absolute atomic E-state index is 14.3. The van der Waals surface area contributed by atoms with Crippen molar-refractivity contribution in [2.24, 2.45) is 0 Å². The van der Waals surface area contributed by atoms with E-state index in [9.17, 15) is 27.0 Å². The number of sulfonamides is 1. The molecule has 1 unspecified atom stereocenters. The molecular formula is C39H53N3O8S2. The molecular weight excluding hydrogens is 703 g/mol. The summed E-state index contributed by atoms with van der Waals surface area (Å²) in [5.41, 5.74) is 1.99. The van der Waals surface area contributed by atoms with Gasteiger partial charge in [0.25, 0.3) is 0 Å². The number of nitrogens with one attached hydrogen (secondary N) is 2. The number of rotatable bonds is 16. The first-order chi connectivity index (χ1) is 24.7. The minimum absolute atomic E-state index is 0.0124. The lowest BCUT2D eigenvalue weighted by atomic mass is 9.88. The molecule has 13 heteroatoms. The number of hydrogen-bond donors (Lipinski definition) is 4. The van der Waals surface area contributed by atoms with Crippen molar-refractivity contribution in [1.29, 1.82) is 0 Å². The molecule has 11 nitrogen and oxygen atoms in total. The molecule has 0 aromatic heterocycles. The topological polar surface area (TPSA) is 154 Å². The predicted molar refractivity (Wildman–Crippen MR) is 200 cm³/mol. The third-order valence-corrected chi connectivity index (χ3v) is 15.7. The summed E-state index contributed by atoms with van der Waals surface area (Å²) < 4.78 is 67.1. The van der Waals surface area contributed by atoms with Crippen molar-refractivity contribution in [2.75, 3.05) is 39.5 Å². The van der Waals surface area contributed by atoms with Crippen LogP contribution in [0.5, 0.6) is 5.75 Å². The Morgan fingerprint density at radius 3 is 2.37 bits per heavy atom. The van der Waals surface area contributed by atoms with E-state index in [2.05, 4.69) is 31.4 Å². The Bertz CT molecular complexity index is 1910. The van der Waals surface area contributed by atoms with Crippen LogP contribution in [0.1, 0.15) is 64.9 Å². The molecule has 6 rings (SSSR count). The fraction of sp³-hybridized carbons (Fsp3) is 0.538. The predicted octanol–water partition coefficient (Wildman–Crippen LogP) is 4.27. The van der Waals surface area contributed by atoms with Gasteiger partial charge in [0.15, 0.2) is 9.84 Å². The van der Waals surface area contributed by atoms with E-state index < -0.39 is 42.9 Å². The Balaban J connectivity index is 1.03. The third kappa shape index (κ3) is 8.42. The summed E-state index contributed by atoms with van der Waals surface area (Å²) in [6, 6.07) is 21.7. The molecule has 1 saturated carbocycles. The van der Waals surface area contributed by atoms with Gasteiger partial charge in [0.1, 0.15) is 18.5 Å². The smallest absolute Gasteiger partial charge is 0.243 e. The number of aliphatic hydroxyl groups is 2. The van der Waals surface area contributed by atoms with Crippen LogP contribution in [0.15, 0.2) is 82.6 Å². The van der Waals surface area contributed by atoms with Crippen molar-refractivity contribution in [3.8, 4) is 16.9 Å². The highest BCUT2D eigenvalue weighted by atomic mass is 32.2. The van der Waals surface area contributed by atoms with Crippen molar-refractivity contribution in [3.63, 3.8) is 0 Å². The first-order valence-corrected chi connectivity index (χ1v) is 21.2. The Hall–Kier alpha value is -2.88. The van der Waals surface area contributed by atoms with Crippen molar-refractivity contribution in [2.45, 2.75) is 104 Å². The summed E-state index contributed by atoms with van der Waals surface area (Å²) in [4.78, 5) is 0.434. The van der Waals surface area contributed by atoms with E-state index in [1.807, 2.05) is 48.5 Å². The minimum atomic E-state index is -3.79. The van der Waals surface area contributed by atoms with Gasteiger partial charge in [-0.3, -0.25) is 0 Å². The van der Waals surface area contributed by atoms with Crippen LogP contribution < -0.4 is 15.4 Å². The van der Waals surface area contributed by atoms with Crippen molar-refractivity contribution in [3.05, 3.63) is 78.4 Å². The van der Waals surface area contributed by atoms with Crippen molar-refractivity contribution in [1.82, 2.24) is 14.9 Å². The van der Waals surface area contributed by atoms with E-state index in [1.54, 1.807) is 16.4 Å². The lowest BCUT2D eigenvalue weighted by Crippen LogP contribution is -2.47. The Kier molecular flexibility index (Phi) is 11.5. The standard InChI is InChI=1S/C39H53N3O8S2/c1-4-37(2,3)41-24-31-14-13-30(29-9-6-5-7-10-29)21-36(31)52(47,48)42-19-17-38(18-20-42)23-32(26-50-38)40-25-33(44)27-49-34-11-8-12-35(22-34)51(45,46)39(28-43)15-16-39/h5-14,21-22,32-33,40-41,43-44H,4,15-20,23-28H2,1-3H3/t32-,33?/m0/s1. The zero-order valence-corrected chi connectivity index (χ0v) is 32.0. The van der Waals surface area contributed by atoms with Crippen molar-refractivity contribution < 1.29 is 36.5 Å². The normalized spacial score (nSPS) is 20.9. The molecule has 3 aromatic carbocycles. The maximum atomic E-state index is 14.3. The number of hydrogen-bond acceptors (Lipinski definition) is 10. The van der Waals surface area contributed by atoms with E-state index in [0.29, 0.717) is 69.0 Å². The van der Waals surface area contributed by atoms with E-state index >= 15 is 0 Å². The van der Waals surface area contributed by atoms with Crippen LogP contribution in [0.25, 0.3) is 11.1 Å².